The number of nitrogens with zero attached hydrogens (tertiary/aromatic N) is 6. The van der Waals surface area contributed by atoms with Crippen LogP contribution in [-0.4, -0.2) is 37.2 Å². The Hall–Kier alpha value is -2.50. The van der Waals surface area contributed by atoms with E-state index >= 15 is 0 Å². The summed E-state index contributed by atoms with van der Waals surface area (Å²) >= 11 is 0. The van der Waals surface area contributed by atoms with Gasteiger partial charge in [-0.3, -0.25) is 4.98 Å². The minimum absolute atomic E-state index is 0.514. The number of pyridine rings is 1. The highest BCUT2D eigenvalue weighted by molar-refractivity contribution is 5.58. The fraction of sp³-hybridized carbons (Fsp3) is 0.412. The van der Waals surface area contributed by atoms with Crippen molar-refractivity contribution >= 4 is 11.6 Å². The zero-order chi connectivity index (χ0) is 15.8. The monoisotopic (exact) mass is 308 g/mol. The molecule has 1 saturated heterocycles. The molecule has 4 heterocycles. The first-order valence-electron chi connectivity index (χ1n) is 8.14. The molecule has 6 nitrogen and oxygen atoms in total. The molecule has 23 heavy (non-hydrogen) atoms. The quantitative estimate of drug-likeness (QED) is 0.728. The molecule has 0 bridgehead atoms. The molecule has 4 rings (SSSR count). The first-order chi connectivity index (χ1) is 11.2. The van der Waals surface area contributed by atoms with E-state index < -0.39 is 0 Å². The molecule has 1 aliphatic heterocycles. The normalized spacial score (nSPS) is 18.5. The molecule has 0 aliphatic carbocycles. The lowest BCUT2D eigenvalue weighted by Crippen LogP contribution is -2.38. The summed E-state index contributed by atoms with van der Waals surface area (Å²) in [6.45, 7) is 5.35. The van der Waals surface area contributed by atoms with E-state index in [4.69, 9.17) is 5.10 Å². The fourth-order valence-corrected chi connectivity index (χ4v) is 3.23. The Bertz CT molecular complexity index is 826. The molecule has 118 valence electrons. The van der Waals surface area contributed by atoms with E-state index in [2.05, 4.69) is 32.8 Å². The molecular weight excluding hydrogens is 288 g/mol. The van der Waals surface area contributed by atoms with Crippen molar-refractivity contribution < 1.29 is 0 Å². The largest absolute Gasteiger partial charge is 0.354 e. The Morgan fingerprint density at radius 3 is 2.91 bits per heavy atom. The third-order valence-electron chi connectivity index (χ3n) is 4.44. The van der Waals surface area contributed by atoms with Gasteiger partial charge in [-0.1, -0.05) is 0 Å². The molecular formula is C17H20N6. The number of aryl methyl sites for hydroxylation is 1. The van der Waals surface area contributed by atoms with Crippen LogP contribution in [0.15, 0.2) is 30.6 Å². The lowest BCUT2D eigenvalue weighted by molar-refractivity contribution is 0.477. The Balaban J connectivity index is 1.86. The third-order valence-corrected chi connectivity index (χ3v) is 4.44. The summed E-state index contributed by atoms with van der Waals surface area (Å²) in [6, 6.07) is 6.49. The third kappa shape index (κ3) is 2.54. The maximum Gasteiger partial charge on any atom is 0.254 e. The van der Waals surface area contributed by atoms with Gasteiger partial charge in [-0.25, -0.2) is 4.98 Å². The molecule has 0 unspecified atom stereocenters. The van der Waals surface area contributed by atoms with Crippen molar-refractivity contribution in [1.29, 1.82) is 0 Å². The van der Waals surface area contributed by atoms with Crippen LogP contribution < -0.4 is 4.90 Å². The van der Waals surface area contributed by atoms with E-state index in [1.165, 1.54) is 19.3 Å². The number of aromatic nitrogens is 5. The van der Waals surface area contributed by atoms with Gasteiger partial charge in [0.05, 0.1) is 0 Å². The number of hydrogen-bond donors (Lipinski definition) is 0. The molecule has 3 aromatic rings. The van der Waals surface area contributed by atoms with Crippen LogP contribution >= 0.6 is 0 Å². The van der Waals surface area contributed by atoms with Gasteiger partial charge in [0.25, 0.3) is 5.78 Å². The Labute approximate surface area is 135 Å². The van der Waals surface area contributed by atoms with Crippen molar-refractivity contribution in [3.05, 3.63) is 36.3 Å². The average Bonchev–Trinajstić information content (AvgIpc) is 2.99. The van der Waals surface area contributed by atoms with Crippen molar-refractivity contribution in [2.45, 2.75) is 39.2 Å². The van der Waals surface area contributed by atoms with E-state index in [1.807, 2.05) is 23.6 Å². The first-order valence-corrected chi connectivity index (χ1v) is 8.14. The molecule has 0 N–H and O–H groups in total. The Morgan fingerprint density at radius 1 is 1.22 bits per heavy atom. The zero-order valence-corrected chi connectivity index (χ0v) is 13.5. The molecule has 0 radical (unpaired) electrons. The van der Waals surface area contributed by atoms with Gasteiger partial charge in [-0.2, -0.15) is 9.50 Å². The van der Waals surface area contributed by atoms with E-state index in [-0.39, 0.29) is 0 Å². The lowest BCUT2D eigenvalue weighted by Gasteiger charge is -2.35. The van der Waals surface area contributed by atoms with Crippen LogP contribution in [0.5, 0.6) is 0 Å². The minimum Gasteiger partial charge on any atom is -0.354 e. The molecule has 0 spiro atoms. The summed E-state index contributed by atoms with van der Waals surface area (Å²) < 4.78 is 1.87. The summed E-state index contributed by atoms with van der Waals surface area (Å²) in [5.41, 5.74) is 1.88. The summed E-state index contributed by atoms with van der Waals surface area (Å²) in [5.74, 6) is 2.40. The Morgan fingerprint density at radius 2 is 2.13 bits per heavy atom. The molecule has 6 heteroatoms. The van der Waals surface area contributed by atoms with Gasteiger partial charge in [-0.15, -0.1) is 5.10 Å². The van der Waals surface area contributed by atoms with Gasteiger partial charge in [0.2, 0.25) is 0 Å². The second-order valence-corrected chi connectivity index (χ2v) is 6.18. The molecule has 0 amide bonds. The second-order valence-electron chi connectivity index (χ2n) is 6.18. The van der Waals surface area contributed by atoms with E-state index in [0.29, 0.717) is 17.6 Å². The van der Waals surface area contributed by atoms with Crippen LogP contribution in [-0.2, 0) is 0 Å². The topological polar surface area (TPSA) is 59.2 Å². The maximum atomic E-state index is 4.70. The summed E-state index contributed by atoms with van der Waals surface area (Å²) in [7, 11) is 0. The van der Waals surface area contributed by atoms with Gasteiger partial charge in [0.15, 0.2) is 5.82 Å². The van der Waals surface area contributed by atoms with E-state index in [1.54, 1.807) is 12.4 Å². The van der Waals surface area contributed by atoms with Crippen molar-refractivity contribution in [2.24, 2.45) is 0 Å². The van der Waals surface area contributed by atoms with Gasteiger partial charge in [0.1, 0.15) is 5.82 Å². The van der Waals surface area contributed by atoms with Crippen LogP contribution in [0.4, 0.5) is 5.82 Å². The average molecular weight is 308 g/mol. The van der Waals surface area contributed by atoms with E-state index in [0.717, 1.165) is 23.6 Å². The number of piperidine rings is 1. The predicted octanol–water partition coefficient (Wildman–Crippen LogP) is 2.87. The lowest BCUT2D eigenvalue weighted by atomic mass is 10.0. The highest BCUT2D eigenvalue weighted by Gasteiger charge is 2.22. The molecule has 1 aliphatic rings. The predicted molar refractivity (Wildman–Crippen MR) is 89.4 cm³/mol. The minimum atomic E-state index is 0.514. The van der Waals surface area contributed by atoms with Crippen LogP contribution in [0.25, 0.3) is 17.2 Å². The van der Waals surface area contributed by atoms with Gasteiger partial charge >= 0.3 is 0 Å². The smallest absolute Gasteiger partial charge is 0.254 e. The van der Waals surface area contributed by atoms with Crippen molar-refractivity contribution in [1.82, 2.24) is 24.6 Å². The second kappa shape index (κ2) is 5.61. The summed E-state index contributed by atoms with van der Waals surface area (Å²) in [6.07, 6.45) is 7.26. The van der Waals surface area contributed by atoms with Gasteiger partial charge in [-0.05, 0) is 45.2 Å². The van der Waals surface area contributed by atoms with Crippen molar-refractivity contribution in [3.63, 3.8) is 0 Å². The highest BCUT2D eigenvalue weighted by Crippen LogP contribution is 2.26. The first kappa shape index (κ1) is 14.1. The van der Waals surface area contributed by atoms with Crippen molar-refractivity contribution in [2.75, 3.05) is 11.4 Å². The fourth-order valence-electron chi connectivity index (χ4n) is 3.23. The van der Waals surface area contributed by atoms with Crippen molar-refractivity contribution in [3.8, 4) is 11.4 Å². The number of fused-ring (bicyclic) bond motifs is 1. The molecule has 3 aromatic heterocycles. The van der Waals surface area contributed by atoms with E-state index in [9.17, 15) is 0 Å². The maximum absolute atomic E-state index is 4.70. The number of rotatable bonds is 2. The summed E-state index contributed by atoms with van der Waals surface area (Å²) in [4.78, 5) is 15.7. The SMILES string of the molecule is Cc1cc(N2CCCC[C@@H]2C)n2nc(-c3cccnc3)nc2n1. The molecule has 1 fully saturated rings. The number of anilines is 1. The summed E-state index contributed by atoms with van der Waals surface area (Å²) in [5, 5.41) is 4.70. The number of hydrogen-bond acceptors (Lipinski definition) is 5. The highest BCUT2D eigenvalue weighted by atomic mass is 15.4. The Kier molecular flexibility index (Phi) is 3.44. The molecule has 0 saturated carbocycles. The van der Waals surface area contributed by atoms with Crippen LogP contribution in [0.2, 0.25) is 0 Å². The standard InChI is InChI=1S/C17H20N6/c1-12-10-15(22-9-4-3-6-13(22)2)23-17(19-12)20-16(21-23)14-7-5-8-18-11-14/h5,7-8,10-11,13H,3-4,6,9H2,1-2H3/t13-/m0/s1. The zero-order valence-electron chi connectivity index (χ0n) is 13.5. The van der Waals surface area contributed by atoms with Crippen LogP contribution in [0.3, 0.4) is 0 Å². The van der Waals surface area contributed by atoms with Crippen LogP contribution in [0.1, 0.15) is 31.9 Å². The molecule has 0 aromatic carbocycles. The van der Waals surface area contributed by atoms with Crippen LogP contribution in [0, 0.1) is 6.92 Å². The van der Waals surface area contributed by atoms with Gasteiger partial charge in [0, 0.05) is 42.3 Å². The van der Waals surface area contributed by atoms with Gasteiger partial charge < -0.3 is 4.90 Å². The molecule has 1 atom stereocenters.